The molecule has 0 aliphatic carbocycles. The van der Waals surface area contributed by atoms with Crippen molar-refractivity contribution in [3.63, 3.8) is 0 Å². The molecule has 1 unspecified atom stereocenters. The molecule has 2 aromatic rings. The summed E-state index contributed by atoms with van der Waals surface area (Å²) in [6.45, 7) is 0. The van der Waals surface area contributed by atoms with Gasteiger partial charge in [-0.05, 0) is 0 Å². The first-order chi connectivity index (χ1) is 14.0. The number of carboxylic acids is 1. The van der Waals surface area contributed by atoms with Crippen molar-refractivity contribution in [2.45, 2.75) is 31.1 Å². The monoisotopic (exact) mass is 434 g/mol. The van der Waals surface area contributed by atoms with Gasteiger partial charge < -0.3 is 29.9 Å². The second-order valence-electron chi connectivity index (χ2n) is 6.18. The van der Waals surface area contributed by atoms with Crippen molar-refractivity contribution in [3.05, 3.63) is 56.1 Å². The van der Waals surface area contributed by atoms with Crippen molar-refractivity contribution in [2.24, 2.45) is 0 Å². The summed E-state index contributed by atoms with van der Waals surface area (Å²) in [6.07, 6.45) is -6.03. The Morgan fingerprint density at radius 2 is 1.93 bits per heavy atom. The minimum atomic E-state index is -2.33. The molecule has 0 bridgehead atoms. The molecule has 11 nitrogen and oxygen atoms in total. The molecule has 0 radical (unpaired) electrons. The van der Waals surface area contributed by atoms with E-state index in [1.165, 1.54) is 0 Å². The summed E-state index contributed by atoms with van der Waals surface area (Å²) in [6, 6.07) is 0.984. The highest BCUT2D eigenvalue weighted by molar-refractivity contribution is 5.91. The average Bonchev–Trinajstić information content (AvgIpc) is 3.04. The molecular formula is C16H13F3N2O9. The first kappa shape index (κ1) is 21.4. The molecular weight excluding hydrogens is 421 g/mol. The second-order valence-corrected chi connectivity index (χ2v) is 6.18. The van der Waals surface area contributed by atoms with Gasteiger partial charge in [0.05, 0.1) is 6.10 Å². The lowest BCUT2D eigenvalue weighted by Gasteiger charge is -2.23. The summed E-state index contributed by atoms with van der Waals surface area (Å²) in [5.41, 5.74) is -3.28. The lowest BCUT2D eigenvalue weighted by molar-refractivity contribution is -0.157. The standard InChI is InChI=1S/C16H13F3N2O9/c17-8-7(14(25)26)11(24)10(19)13(9(8)18)30-15(27)12-4(22)3-6(29-12)21-2-1-5(23)20-16(21)28/h1-2,4,6,12,15,22,24,27H,3H2,(H,25,26)(H,20,23,28)/t4-,6+,12-,15?/m0/s1. The summed E-state index contributed by atoms with van der Waals surface area (Å²) in [5.74, 6) is -11.9. The molecule has 1 aliphatic heterocycles. The van der Waals surface area contributed by atoms with E-state index in [4.69, 9.17) is 9.84 Å². The number of aromatic nitrogens is 2. The number of rotatable bonds is 5. The minimum Gasteiger partial charge on any atom is -0.504 e. The van der Waals surface area contributed by atoms with Gasteiger partial charge >= 0.3 is 11.7 Å². The molecule has 0 saturated carbocycles. The third-order valence-electron chi connectivity index (χ3n) is 4.29. The lowest BCUT2D eigenvalue weighted by Crippen LogP contribution is -2.39. The zero-order valence-electron chi connectivity index (χ0n) is 14.6. The summed E-state index contributed by atoms with van der Waals surface area (Å²) >= 11 is 0. The third-order valence-corrected chi connectivity index (χ3v) is 4.29. The number of carbonyl (C=O) groups is 1. The fourth-order valence-electron chi connectivity index (χ4n) is 2.87. The molecule has 30 heavy (non-hydrogen) atoms. The van der Waals surface area contributed by atoms with E-state index in [9.17, 15) is 42.9 Å². The van der Waals surface area contributed by atoms with Crippen LogP contribution in [-0.2, 0) is 4.74 Å². The van der Waals surface area contributed by atoms with Crippen molar-refractivity contribution in [2.75, 3.05) is 0 Å². The van der Waals surface area contributed by atoms with Crippen LogP contribution in [0.5, 0.6) is 11.5 Å². The van der Waals surface area contributed by atoms with Crippen LogP contribution < -0.4 is 16.0 Å². The van der Waals surface area contributed by atoms with E-state index in [2.05, 4.69) is 4.74 Å². The zero-order valence-corrected chi connectivity index (χ0v) is 14.6. The Hall–Kier alpha value is -3.36. The summed E-state index contributed by atoms with van der Waals surface area (Å²) in [7, 11) is 0. The molecule has 2 heterocycles. The Bertz CT molecular complexity index is 1090. The highest BCUT2D eigenvalue weighted by atomic mass is 19.2. The molecule has 162 valence electrons. The van der Waals surface area contributed by atoms with E-state index in [1.54, 1.807) is 0 Å². The number of ether oxygens (including phenoxy) is 2. The predicted molar refractivity (Wildman–Crippen MR) is 87.4 cm³/mol. The van der Waals surface area contributed by atoms with Gasteiger partial charge in [0, 0.05) is 18.7 Å². The molecule has 1 aliphatic rings. The Balaban J connectivity index is 1.86. The molecule has 1 fully saturated rings. The topological polar surface area (TPSA) is 171 Å². The number of hydrogen-bond acceptors (Lipinski definition) is 8. The Kier molecular flexibility index (Phi) is 5.56. The van der Waals surface area contributed by atoms with Crippen LogP contribution >= 0.6 is 0 Å². The SMILES string of the molecule is O=C(O)c1c(O)c(F)c(OC(O)[C@H]2O[C@@H](n3ccc(=O)[nH]c3=O)C[C@@H]2O)c(F)c1F. The number of halogens is 3. The van der Waals surface area contributed by atoms with Crippen LogP contribution in [-0.4, -0.2) is 54.4 Å². The van der Waals surface area contributed by atoms with Crippen LogP contribution in [0.4, 0.5) is 13.2 Å². The van der Waals surface area contributed by atoms with Gasteiger partial charge in [-0.2, -0.15) is 8.78 Å². The number of nitrogens with zero attached hydrogens (tertiary/aromatic N) is 1. The maximum absolute atomic E-state index is 14.1. The number of nitrogens with one attached hydrogen (secondary N) is 1. The van der Waals surface area contributed by atoms with Crippen molar-refractivity contribution in [1.82, 2.24) is 9.55 Å². The van der Waals surface area contributed by atoms with Crippen molar-refractivity contribution in [3.8, 4) is 11.5 Å². The van der Waals surface area contributed by atoms with Crippen LogP contribution in [0.25, 0.3) is 0 Å². The third kappa shape index (κ3) is 3.62. The van der Waals surface area contributed by atoms with Gasteiger partial charge in [0.1, 0.15) is 17.9 Å². The van der Waals surface area contributed by atoms with Gasteiger partial charge in [-0.3, -0.25) is 14.3 Å². The lowest BCUT2D eigenvalue weighted by atomic mass is 10.1. The van der Waals surface area contributed by atoms with Gasteiger partial charge in [-0.25, -0.2) is 14.0 Å². The molecule has 14 heteroatoms. The van der Waals surface area contributed by atoms with E-state index < -0.39 is 76.5 Å². The minimum absolute atomic E-state index is 0.306. The highest BCUT2D eigenvalue weighted by Crippen LogP contribution is 2.37. The van der Waals surface area contributed by atoms with Crippen LogP contribution in [0.1, 0.15) is 23.0 Å². The number of phenols is 1. The Labute approximate surface area is 163 Å². The Morgan fingerprint density at radius 3 is 2.53 bits per heavy atom. The largest absolute Gasteiger partial charge is 0.504 e. The van der Waals surface area contributed by atoms with Crippen molar-refractivity contribution >= 4 is 5.97 Å². The van der Waals surface area contributed by atoms with Gasteiger partial charge in [0.25, 0.3) is 5.56 Å². The molecule has 1 aromatic heterocycles. The number of aliphatic hydroxyl groups excluding tert-OH is 2. The number of carboxylic acid groups (broad SMARTS) is 1. The first-order valence-electron chi connectivity index (χ1n) is 8.15. The van der Waals surface area contributed by atoms with Crippen LogP contribution in [0.3, 0.4) is 0 Å². The van der Waals surface area contributed by atoms with E-state index in [0.717, 1.165) is 16.8 Å². The maximum atomic E-state index is 14.1. The number of hydrogen-bond donors (Lipinski definition) is 5. The predicted octanol–water partition coefficient (Wildman–Crippen LogP) is -0.597. The fourth-order valence-corrected chi connectivity index (χ4v) is 2.87. The van der Waals surface area contributed by atoms with Crippen LogP contribution in [0.15, 0.2) is 21.9 Å². The number of aromatic carboxylic acids is 1. The smallest absolute Gasteiger partial charge is 0.342 e. The van der Waals surface area contributed by atoms with E-state index >= 15 is 0 Å². The summed E-state index contributed by atoms with van der Waals surface area (Å²) in [4.78, 5) is 35.7. The van der Waals surface area contributed by atoms with Gasteiger partial charge in [0.15, 0.2) is 11.6 Å². The van der Waals surface area contributed by atoms with E-state index in [0.29, 0.717) is 0 Å². The van der Waals surface area contributed by atoms with Crippen molar-refractivity contribution in [1.29, 1.82) is 0 Å². The van der Waals surface area contributed by atoms with Crippen LogP contribution in [0.2, 0.25) is 0 Å². The van der Waals surface area contributed by atoms with Gasteiger partial charge in [-0.1, -0.05) is 0 Å². The van der Waals surface area contributed by atoms with Crippen LogP contribution in [0, 0.1) is 17.5 Å². The maximum Gasteiger partial charge on any atom is 0.342 e. The summed E-state index contributed by atoms with van der Waals surface area (Å²) < 4.78 is 52.6. The molecule has 0 amide bonds. The van der Waals surface area contributed by atoms with E-state index in [-0.39, 0.29) is 6.42 Å². The number of aromatic hydroxyl groups is 1. The van der Waals surface area contributed by atoms with Gasteiger partial charge in [-0.15, -0.1) is 0 Å². The molecule has 5 N–H and O–H groups in total. The fraction of sp³-hybridized carbons (Fsp3) is 0.312. The normalized spacial score (nSPS) is 22.1. The molecule has 1 saturated heterocycles. The Morgan fingerprint density at radius 1 is 1.27 bits per heavy atom. The number of aliphatic hydroxyl groups is 2. The number of H-pyrrole nitrogens is 1. The average molecular weight is 434 g/mol. The molecule has 3 rings (SSSR count). The second kappa shape index (κ2) is 7.81. The highest BCUT2D eigenvalue weighted by Gasteiger charge is 2.42. The molecule has 4 atom stereocenters. The first-order valence-corrected chi connectivity index (χ1v) is 8.15. The molecule has 0 spiro atoms. The quantitative estimate of drug-likeness (QED) is 0.304. The van der Waals surface area contributed by atoms with Gasteiger partial charge in [0.2, 0.25) is 23.7 Å². The van der Waals surface area contributed by atoms with E-state index in [1.807, 2.05) is 4.98 Å². The van der Waals surface area contributed by atoms with Crippen molar-refractivity contribution < 1.29 is 47.9 Å². The number of benzene rings is 1. The number of aromatic amines is 1. The zero-order chi connectivity index (χ0) is 22.3. The molecule has 1 aromatic carbocycles. The summed E-state index contributed by atoms with van der Waals surface area (Å²) in [5, 5.41) is 38.3.